The van der Waals surface area contributed by atoms with Crippen LogP contribution in [0.25, 0.3) is 11.0 Å². The van der Waals surface area contributed by atoms with E-state index in [4.69, 9.17) is 4.74 Å². The topological polar surface area (TPSA) is 92.6 Å². The molecule has 1 fully saturated rings. The lowest BCUT2D eigenvalue weighted by atomic mass is 10.0. The fourth-order valence-electron chi connectivity index (χ4n) is 4.98. The predicted octanol–water partition coefficient (Wildman–Crippen LogP) is 3.88. The van der Waals surface area contributed by atoms with Crippen molar-refractivity contribution in [3.8, 4) is 0 Å². The minimum atomic E-state index is -0.897. The van der Waals surface area contributed by atoms with Crippen molar-refractivity contribution in [3.63, 3.8) is 0 Å². The summed E-state index contributed by atoms with van der Waals surface area (Å²) < 4.78 is 7.32. The van der Waals surface area contributed by atoms with E-state index >= 15 is 0 Å². The van der Waals surface area contributed by atoms with Gasteiger partial charge < -0.3 is 15.0 Å². The second-order valence-electron chi connectivity index (χ2n) is 10.1. The van der Waals surface area contributed by atoms with Crippen LogP contribution in [0.5, 0.6) is 0 Å². The molecule has 0 spiro atoms. The van der Waals surface area contributed by atoms with Crippen molar-refractivity contribution in [2.45, 2.75) is 38.5 Å². The fourth-order valence-corrected chi connectivity index (χ4v) is 4.98. The van der Waals surface area contributed by atoms with Crippen LogP contribution in [0.15, 0.2) is 72.8 Å². The Balaban J connectivity index is 1.55. The van der Waals surface area contributed by atoms with Crippen molar-refractivity contribution in [1.82, 2.24) is 20.3 Å². The molecule has 0 aliphatic carbocycles. The Morgan fingerprint density at radius 2 is 1.79 bits per heavy atom. The second kappa shape index (κ2) is 11.7. The number of aromatic nitrogens is 3. The quantitative estimate of drug-likeness (QED) is 0.356. The molecule has 1 aromatic heterocycles. The number of hydrogen-bond acceptors (Lipinski definition) is 6. The maximum Gasteiger partial charge on any atom is 0.249 e. The molecule has 0 unspecified atom stereocenters. The Morgan fingerprint density at radius 1 is 1.05 bits per heavy atom. The minimum Gasteiger partial charge on any atom is -0.378 e. The monoisotopic (exact) mass is 526 g/mol. The Kier molecular flexibility index (Phi) is 7.88. The van der Waals surface area contributed by atoms with Gasteiger partial charge in [0.25, 0.3) is 0 Å². The van der Waals surface area contributed by atoms with Crippen molar-refractivity contribution in [3.05, 3.63) is 83.9 Å². The van der Waals surface area contributed by atoms with Gasteiger partial charge >= 0.3 is 0 Å². The molecule has 0 saturated carbocycles. The minimum absolute atomic E-state index is 0.0187. The summed E-state index contributed by atoms with van der Waals surface area (Å²) in [7, 11) is 3.93. The van der Waals surface area contributed by atoms with E-state index in [1.54, 1.807) is 9.58 Å². The molecule has 39 heavy (non-hydrogen) atoms. The van der Waals surface area contributed by atoms with Crippen molar-refractivity contribution in [2.75, 3.05) is 37.0 Å². The van der Waals surface area contributed by atoms with Crippen LogP contribution in [0.4, 0.5) is 11.4 Å². The number of hydrogen-bond donors (Lipinski definition) is 1. The lowest BCUT2D eigenvalue weighted by molar-refractivity contribution is -0.127. The normalized spacial score (nSPS) is 15.7. The summed E-state index contributed by atoms with van der Waals surface area (Å²) in [4.78, 5) is 31.7. The van der Waals surface area contributed by atoms with Gasteiger partial charge in [0.2, 0.25) is 11.8 Å². The first kappa shape index (κ1) is 26.4. The lowest BCUT2D eigenvalue weighted by Crippen LogP contribution is -2.47. The maximum absolute atomic E-state index is 14.2. The molecular weight excluding hydrogens is 492 g/mol. The molecule has 2 heterocycles. The third kappa shape index (κ3) is 5.78. The van der Waals surface area contributed by atoms with Crippen LogP contribution in [0, 0.1) is 6.92 Å². The number of nitrogens with one attached hydrogen (secondary N) is 1. The van der Waals surface area contributed by atoms with E-state index in [0.29, 0.717) is 29.9 Å². The van der Waals surface area contributed by atoms with E-state index in [0.717, 1.165) is 29.6 Å². The summed E-state index contributed by atoms with van der Waals surface area (Å²) in [6.07, 6.45) is 1.87. The highest BCUT2D eigenvalue weighted by Crippen LogP contribution is 2.32. The molecule has 202 valence electrons. The number of benzene rings is 3. The maximum atomic E-state index is 14.2. The molecule has 1 saturated heterocycles. The molecule has 3 aromatic carbocycles. The molecule has 2 amide bonds. The van der Waals surface area contributed by atoms with Crippen LogP contribution in [-0.2, 0) is 20.9 Å². The summed E-state index contributed by atoms with van der Waals surface area (Å²) >= 11 is 0. The number of anilines is 2. The average Bonchev–Trinajstić information content (AvgIpc) is 3.61. The lowest BCUT2D eigenvalue weighted by Gasteiger charge is -2.33. The standard InChI is InChI=1S/C30H34N6O3/c1-21-9-4-6-12-26(21)36(28(37)20-35-27-13-7-5-11-25(27)32-33-35)29(22-14-16-23(17-15-22)34(2)3)30(38)31-19-24-10-8-18-39-24/h4-7,9,11-17,24,29H,8,10,18-20H2,1-3H3,(H,31,38)/t24-,29+/m1/s1. The van der Waals surface area contributed by atoms with Gasteiger partial charge in [-0.25, -0.2) is 4.68 Å². The van der Waals surface area contributed by atoms with Gasteiger partial charge in [-0.15, -0.1) is 5.10 Å². The number of carbonyl (C=O) groups excluding carboxylic acids is 2. The molecule has 9 heteroatoms. The summed E-state index contributed by atoms with van der Waals surface area (Å²) in [5, 5.41) is 11.5. The smallest absolute Gasteiger partial charge is 0.249 e. The molecule has 9 nitrogen and oxygen atoms in total. The molecule has 0 bridgehead atoms. The summed E-state index contributed by atoms with van der Waals surface area (Å²) in [5.74, 6) is -0.530. The van der Waals surface area contributed by atoms with Gasteiger partial charge in [-0.2, -0.15) is 0 Å². The SMILES string of the molecule is Cc1ccccc1N(C(=O)Cn1nnc2ccccc21)[C@H](C(=O)NC[C@H]1CCCO1)c1ccc(N(C)C)cc1. The molecule has 1 aliphatic rings. The Bertz CT molecular complexity index is 1440. The summed E-state index contributed by atoms with van der Waals surface area (Å²) in [6.45, 7) is 2.97. The van der Waals surface area contributed by atoms with Crippen LogP contribution in [0.2, 0.25) is 0 Å². The number of carbonyl (C=O) groups is 2. The molecule has 2 atom stereocenters. The summed E-state index contributed by atoms with van der Waals surface area (Å²) in [5.41, 5.74) is 4.73. The number of rotatable bonds is 9. The zero-order valence-electron chi connectivity index (χ0n) is 22.6. The van der Waals surface area contributed by atoms with Crippen LogP contribution in [0.3, 0.4) is 0 Å². The molecule has 4 aromatic rings. The fraction of sp³-hybridized carbons (Fsp3) is 0.333. The van der Waals surface area contributed by atoms with E-state index in [1.165, 1.54) is 0 Å². The van der Waals surface area contributed by atoms with Crippen LogP contribution in [0.1, 0.15) is 30.0 Å². The zero-order valence-corrected chi connectivity index (χ0v) is 22.6. The van der Waals surface area contributed by atoms with Gasteiger partial charge in [0.05, 0.1) is 11.6 Å². The van der Waals surface area contributed by atoms with Crippen molar-refractivity contribution < 1.29 is 14.3 Å². The van der Waals surface area contributed by atoms with Crippen LogP contribution >= 0.6 is 0 Å². The van der Waals surface area contributed by atoms with Gasteiger partial charge in [0.1, 0.15) is 18.1 Å². The number of nitrogens with zero attached hydrogens (tertiary/aromatic N) is 5. The van der Waals surface area contributed by atoms with Gasteiger partial charge in [0.15, 0.2) is 0 Å². The zero-order chi connectivity index (χ0) is 27.4. The van der Waals surface area contributed by atoms with Crippen molar-refractivity contribution in [1.29, 1.82) is 0 Å². The first-order valence-corrected chi connectivity index (χ1v) is 13.2. The number of para-hydroxylation sites is 2. The predicted molar refractivity (Wildman–Crippen MR) is 152 cm³/mol. The highest BCUT2D eigenvalue weighted by molar-refractivity contribution is 6.02. The highest BCUT2D eigenvalue weighted by atomic mass is 16.5. The van der Waals surface area contributed by atoms with Crippen LogP contribution in [-0.4, -0.2) is 60.2 Å². The third-order valence-corrected chi connectivity index (χ3v) is 7.11. The second-order valence-corrected chi connectivity index (χ2v) is 10.1. The van der Waals surface area contributed by atoms with Gasteiger partial charge in [0, 0.05) is 38.6 Å². The number of aryl methyl sites for hydroxylation is 1. The largest absolute Gasteiger partial charge is 0.378 e. The van der Waals surface area contributed by atoms with E-state index in [1.807, 2.05) is 98.7 Å². The third-order valence-electron chi connectivity index (χ3n) is 7.11. The first-order chi connectivity index (χ1) is 18.9. The highest BCUT2D eigenvalue weighted by Gasteiger charge is 2.34. The molecule has 0 radical (unpaired) electrons. The number of ether oxygens (including phenoxy) is 1. The van der Waals surface area contributed by atoms with Crippen molar-refractivity contribution >= 4 is 34.2 Å². The summed E-state index contributed by atoms with van der Waals surface area (Å²) in [6, 6.07) is 22.0. The number of fused-ring (bicyclic) bond motifs is 1. The van der Waals surface area contributed by atoms with Gasteiger partial charge in [-0.1, -0.05) is 47.7 Å². The Morgan fingerprint density at radius 3 is 2.51 bits per heavy atom. The molecule has 1 N–H and O–H groups in total. The van der Waals surface area contributed by atoms with Crippen molar-refractivity contribution in [2.24, 2.45) is 0 Å². The van der Waals surface area contributed by atoms with Crippen LogP contribution < -0.4 is 15.1 Å². The van der Waals surface area contributed by atoms with E-state index in [2.05, 4.69) is 15.6 Å². The molecular formula is C30H34N6O3. The Hall–Kier alpha value is -4.24. The van der Waals surface area contributed by atoms with E-state index < -0.39 is 6.04 Å². The number of amides is 2. The van der Waals surface area contributed by atoms with E-state index in [-0.39, 0.29) is 24.5 Å². The molecule has 1 aliphatic heterocycles. The molecule has 5 rings (SSSR count). The van der Waals surface area contributed by atoms with Gasteiger partial charge in [-0.3, -0.25) is 14.5 Å². The average molecular weight is 527 g/mol. The van der Waals surface area contributed by atoms with Gasteiger partial charge in [-0.05, 0) is 61.2 Å². The first-order valence-electron chi connectivity index (χ1n) is 13.2. The van der Waals surface area contributed by atoms with E-state index in [9.17, 15) is 9.59 Å². The Labute approximate surface area is 228 Å².